The maximum atomic E-state index is 10.8. The summed E-state index contributed by atoms with van der Waals surface area (Å²) in [6, 6.07) is 0.251. The van der Waals surface area contributed by atoms with Crippen LogP contribution in [0.25, 0.3) is 0 Å². The van der Waals surface area contributed by atoms with E-state index in [1.54, 1.807) is 12.4 Å². The second-order valence-corrected chi connectivity index (χ2v) is 3.81. The molecule has 0 unspecified atom stereocenters. The number of carbonyl (C=O) groups is 1. The average Bonchev–Trinajstić information content (AvgIpc) is 2.30. The molecule has 82 valence electrons. The topological polar surface area (TPSA) is 32.8 Å². The van der Waals surface area contributed by atoms with E-state index in [9.17, 15) is 4.79 Å². The highest BCUT2D eigenvalue weighted by molar-refractivity contribution is 6.63. The van der Waals surface area contributed by atoms with Gasteiger partial charge in [0.05, 0.1) is 13.2 Å². The average molecular weight is 229 g/mol. The van der Waals surface area contributed by atoms with Crippen molar-refractivity contribution < 1.29 is 9.53 Å². The predicted octanol–water partition coefficient (Wildman–Crippen LogP) is 1.39. The van der Waals surface area contributed by atoms with Crippen LogP contribution in [0.4, 0.5) is 4.79 Å². The molecule has 0 aromatic heterocycles. The lowest BCUT2D eigenvalue weighted by atomic mass is 10.2. The summed E-state index contributed by atoms with van der Waals surface area (Å²) in [5.74, 6) is 0. The molecule has 2 aliphatic heterocycles. The summed E-state index contributed by atoms with van der Waals surface area (Å²) in [5.41, 5.74) is 0. The largest absolute Gasteiger partial charge is 0.379 e. The minimum absolute atomic E-state index is 0.251. The molecule has 1 saturated heterocycles. The third-order valence-electron chi connectivity index (χ3n) is 2.56. The first kappa shape index (κ1) is 10.7. The van der Waals surface area contributed by atoms with Crippen molar-refractivity contribution in [2.24, 2.45) is 0 Å². The van der Waals surface area contributed by atoms with E-state index in [1.165, 1.54) is 4.90 Å². The van der Waals surface area contributed by atoms with Crippen molar-refractivity contribution in [2.75, 3.05) is 26.3 Å². The molecule has 15 heavy (non-hydrogen) atoms. The van der Waals surface area contributed by atoms with Crippen molar-refractivity contribution in [1.82, 2.24) is 9.80 Å². The van der Waals surface area contributed by atoms with Crippen molar-refractivity contribution >= 4 is 17.0 Å². The van der Waals surface area contributed by atoms with Crippen molar-refractivity contribution in [1.29, 1.82) is 0 Å². The van der Waals surface area contributed by atoms with Gasteiger partial charge in [-0.3, -0.25) is 14.6 Å². The van der Waals surface area contributed by atoms with Gasteiger partial charge in [0.25, 0.3) is 0 Å². The molecule has 0 spiro atoms. The van der Waals surface area contributed by atoms with E-state index in [4.69, 9.17) is 16.3 Å². The zero-order chi connectivity index (χ0) is 10.7. The Hall–Kier alpha value is -0.840. The molecule has 2 heterocycles. The Kier molecular flexibility index (Phi) is 3.41. The Morgan fingerprint density at radius 1 is 1.27 bits per heavy atom. The first-order chi connectivity index (χ1) is 7.27. The van der Waals surface area contributed by atoms with Crippen LogP contribution < -0.4 is 0 Å². The van der Waals surface area contributed by atoms with Crippen LogP contribution in [0.5, 0.6) is 0 Å². The first-order valence-corrected chi connectivity index (χ1v) is 5.31. The Morgan fingerprint density at radius 3 is 2.40 bits per heavy atom. The third-order valence-corrected chi connectivity index (χ3v) is 2.75. The van der Waals surface area contributed by atoms with Crippen molar-refractivity contribution in [3.63, 3.8) is 0 Å². The third kappa shape index (κ3) is 2.59. The van der Waals surface area contributed by atoms with Gasteiger partial charge in [0.1, 0.15) is 0 Å². The van der Waals surface area contributed by atoms with E-state index >= 15 is 0 Å². The summed E-state index contributed by atoms with van der Waals surface area (Å²) < 4.78 is 5.27. The van der Waals surface area contributed by atoms with E-state index in [2.05, 4.69) is 4.90 Å². The molecular weight excluding hydrogens is 216 g/mol. The minimum Gasteiger partial charge on any atom is -0.379 e. The Labute approximate surface area is 93.7 Å². The normalized spacial score (nSPS) is 23.4. The van der Waals surface area contributed by atoms with Gasteiger partial charge in [-0.25, -0.2) is 0 Å². The smallest absolute Gasteiger partial charge is 0.324 e. The predicted molar refractivity (Wildman–Crippen MR) is 57.5 cm³/mol. The molecule has 1 fully saturated rings. The summed E-state index contributed by atoms with van der Waals surface area (Å²) in [5, 5.41) is -0.483. The summed E-state index contributed by atoms with van der Waals surface area (Å²) in [4.78, 5) is 14.5. The van der Waals surface area contributed by atoms with Gasteiger partial charge < -0.3 is 4.74 Å². The molecule has 5 heteroatoms. The van der Waals surface area contributed by atoms with Gasteiger partial charge in [-0.05, 0) is 23.8 Å². The Balaban J connectivity index is 1.94. The zero-order valence-corrected chi connectivity index (χ0v) is 9.06. The fraction of sp³-hybridized carbons (Fsp3) is 0.500. The van der Waals surface area contributed by atoms with E-state index in [1.807, 2.05) is 12.2 Å². The van der Waals surface area contributed by atoms with Crippen LogP contribution >= 0.6 is 11.6 Å². The van der Waals surface area contributed by atoms with Crippen molar-refractivity contribution in [3.8, 4) is 0 Å². The molecule has 0 radical (unpaired) electrons. The number of halogens is 1. The maximum Gasteiger partial charge on any atom is 0.324 e. The van der Waals surface area contributed by atoms with Gasteiger partial charge in [-0.15, -0.1) is 0 Å². The quantitative estimate of drug-likeness (QED) is 0.502. The molecule has 0 aliphatic carbocycles. The number of rotatable bonds is 1. The molecule has 2 rings (SSSR count). The van der Waals surface area contributed by atoms with Crippen LogP contribution in [0.15, 0.2) is 24.6 Å². The number of nitrogens with zero attached hydrogens (tertiary/aromatic N) is 2. The molecule has 0 aromatic rings. The summed E-state index contributed by atoms with van der Waals surface area (Å²) in [6.07, 6.45) is 7.34. The Morgan fingerprint density at radius 2 is 1.87 bits per heavy atom. The number of carbonyl (C=O) groups excluding carboxylic acids is 1. The number of hydrogen-bond donors (Lipinski definition) is 0. The summed E-state index contributed by atoms with van der Waals surface area (Å²) in [7, 11) is 0. The van der Waals surface area contributed by atoms with E-state index in [-0.39, 0.29) is 6.04 Å². The molecular formula is C10H13ClN2O2. The Bertz CT molecular complexity index is 284. The standard InChI is InChI=1S/C10H13ClN2O2/c11-10(14)13-3-1-9(2-4-13)12-5-7-15-8-6-12/h1-4,9H,5-8H2. The van der Waals surface area contributed by atoms with Crippen LogP contribution in [0.2, 0.25) is 0 Å². The molecule has 0 saturated carbocycles. The number of amides is 1. The fourth-order valence-electron chi connectivity index (χ4n) is 1.71. The highest BCUT2D eigenvalue weighted by atomic mass is 35.5. The van der Waals surface area contributed by atoms with Gasteiger partial charge >= 0.3 is 5.37 Å². The van der Waals surface area contributed by atoms with Crippen molar-refractivity contribution in [2.45, 2.75) is 6.04 Å². The maximum absolute atomic E-state index is 10.8. The second-order valence-electron chi connectivity index (χ2n) is 3.48. The first-order valence-electron chi connectivity index (χ1n) is 4.93. The lowest BCUT2D eigenvalue weighted by Crippen LogP contribution is -2.42. The molecule has 1 amide bonds. The fourth-order valence-corrected chi connectivity index (χ4v) is 1.82. The molecule has 0 aromatic carbocycles. The van der Waals surface area contributed by atoms with Crippen LogP contribution in [0.1, 0.15) is 0 Å². The highest BCUT2D eigenvalue weighted by Gasteiger charge is 2.19. The molecule has 4 nitrogen and oxygen atoms in total. The lowest BCUT2D eigenvalue weighted by molar-refractivity contribution is 0.0325. The van der Waals surface area contributed by atoms with E-state index in [0.717, 1.165) is 26.3 Å². The number of hydrogen-bond acceptors (Lipinski definition) is 3. The molecule has 0 bridgehead atoms. The van der Waals surface area contributed by atoms with Crippen molar-refractivity contribution in [3.05, 3.63) is 24.6 Å². The summed E-state index contributed by atoms with van der Waals surface area (Å²) >= 11 is 5.34. The lowest BCUT2D eigenvalue weighted by Gasteiger charge is -2.32. The monoisotopic (exact) mass is 228 g/mol. The van der Waals surface area contributed by atoms with E-state index in [0.29, 0.717) is 0 Å². The number of ether oxygens (including phenoxy) is 1. The van der Waals surface area contributed by atoms with Gasteiger partial charge in [0.15, 0.2) is 0 Å². The minimum atomic E-state index is -0.483. The number of morpholine rings is 1. The van der Waals surface area contributed by atoms with E-state index < -0.39 is 5.37 Å². The highest BCUT2D eigenvalue weighted by Crippen LogP contribution is 2.13. The second kappa shape index (κ2) is 4.79. The van der Waals surface area contributed by atoms with Gasteiger partial charge in [0.2, 0.25) is 0 Å². The zero-order valence-electron chi connectivity index (χ0n) is 8.30. The summed E-state index contributed by atoms with van der Waals surface area (Å²) in [6.45, 7) is 3.40. The van der Waals surface area contributed by atoms with Gasteiger partial charge in [-0.1, -0.05) is 0 Å². The van der Waals surface area contributed by atoms with Crippen LogP contribution in [0.3, 0.4) is 0 Å². The van der Waals surface area contributed by atoms with Crippen LogP contribution in [-0.2, 0) is 4.74 Å². The molecule has 0 atom stereocenters. The van der Waals surface area contributed by atoms with Crippen LogP contribution in [-0.4, -0.2) is 47.5 Å². The van der Waals surface area contributed by atoms with Gasteiger partial charge in [0, 0.05) is 31.5 Å². The van der Waals surface area contributed by atoms with Crippen LogP contribution in [0, 0.1) is 0 Å². The molecule has 2 aliphatic rings. The SMILES string of the molecule is O=C(Cl)N1C=CC(N2CCOCC2)C=C1. The molecule has 0 N–H and O–H groups in total. The van der Waals surface area contributed by atoms with Gasteiger partial charge in [-0.2, -0.15) is 0 Å².